The lowest BCUT2D eigenvalue weighted by molar-refractivity contribution is -0.141. The van der Waals surface area contributed by atoms with Gasteiger partial charge in [0.15, 0.2) is 5.69 Å². The van der Waals surface area contributed by atoms with Crippen molar-refractivity contribution < 1.29 is 27.1 Å². The number of anilines is 2. The summed E-state index contributed by atoms with van der Waals surface area (Å²) >= 11 is 0. The number of nitrogens with one attached hydrogen (secondary N) is 1. The molecule has 0 bridgehead atoms. The summed E-state index contributed by atoms with van der Waals surface area (Å²) < 4.78 is 51.3. The SMILES string of the molecule is O=C(Nc1ccc(N2CCC(c3ccccc3)CC2)nc1)c1oc(OC2CCCCC2)nc1C(F)(F)F. The first-order valence-electron chi connectivity index (χ1n) is 12.7. The Morgan fingerprint density at radius 2 is 1.73 bits per heavy atom. The zero-order valence-corrected chi connectivity index (χ0v) is 20.3. The Labute approximate surface area is 213 Å². The van der Waals surface area contributed by atoms with E-state index < -0.39 is 29.6 Å². The van der Waals surface area contributed by atoms with E-state index >= 15 is 0 Å². The number of hydrogen-bond donors (Lipinski definition) is 1. The Bertz CT molecular complexity index is 1180. The quantitative estimate of drug-likeness (QED) is 0.408. The molecule has 1 aromatic carbocycles. The van der Waals surface area contributed by atoms with Crippen LogP contribution in [0, 0.1) is 0 Å². The zero-order chi connectivity index (χ0) is 25.8. The number of carbonyl (C=O) groups excluding carboxylic acids is 1. The Hall–Kier alpha value is -3.56. The molecule has 1 aliphatic carbocycles. The van der Waals surface area contributed by atoms with Crippen LogP contribution in [0.15, 0.2) is 53.1 Å². The first-order chi connectivity index (χ1) is 17.9. The molecule has 0 atom stereocenters. The van der Waals surface area contributed by atoms with Gasteiger partial charge in [-0.1, -0.05) is 36.8 Å². The van der Waals surface area contributed by atoms with E-state index in [0.29, 0.717) is 18.8 Å². The smallest absolute Gasteiger partial charge is 0.437 e. The number of alkyl halides is 3. The van der Waals surface area contributed by atoms with Crippen molar-refractivity contribution in [1.29, 1.82) is 0 Å². The molecule has 5 rings (SSSR count). The normalized spacial score (nSPS) is 17.5. The highest BCUT2D eigenvalue weighted by atomic mass is 19.4. The minimum Gasteiger partial charge on any atom is -0.447 e. The average molecular weight is 515 g/mol. The lowest BCUT2D eigenvalue weighted by atomic mass is 9.89. The van der Waals surface area contributed by atoms with Crippen molar-refractivity contribution in [3.8, 4) is 6.08 Å². The number of ether oxygens (including phenoxy) is 1. The van der Waals surface area contributed by atoms with Crippen molar-refractivity contribution in [3.63, 3.8) is 0 Å². The van der Waals surface area contributed by atoms with Crippen LogP contribution in [0.1, 0.15) is 72.7 Å². The highest BCUT2D eigenvalue weighted by molar-refractivity contribution is 6.03. The molecule has 2 aromatic heterocycles. The number of amides is 1. The van der Waals surface area contributed by atoms with Gasteiger partial charge in [-0.3, -0.25) is 4.79 Å². The number of nitrogens with zero attached hydrogens (tertiary/aromatic N) is 3. The fraction of sp³-hybridized carbons (Fsp3) is 0.444. The van der Waals surface area contributed by atoms with E-state index in [1.165, 1.54) is 11.8 Å². The number of rotatable bonds is 6. The van der Waals surface area contributed by atoms with Gasteiger partial charge in [0.2, 0.25) is 5.76 Å². The summed E-state index contributed by atoms with van der Waals surface area (Å²) in [5.41, 5.74) is 0.194. The second-order valence-corrected chi connectivity index (χ2v) is 9.56. The molecule has 196 valence electrons. The van der Waals surface area contributed by atoms with Crippen LogP contribution < -0.4 is 15.0 Å². The molecule has 1 N–H and O–H groups in total. The number of piperidine rings is 1. The van der Waals surface area contributed by atoms with Crippen LogP contribution in [-0.4, -0.2) is 35.1 Å². The van der Waals surface area contributed by atoms with E-state index in [4.69, 9.17) is 9.15 Å². The molecule has 1 saturated carbocycles. The molecule has 0 spiro atoms. The van der Waals surface area contributed by atoms with E-state index in [0.717, 1.165) is 51.0 Å². The van der Waals surface area contributed by atoms with Crippen molar-refractivity contribution >= 4 is 17.4 Å². The van der Waals surface area contributed by atoms with Crippen LogP contribution in [0.2, 0.25) is 0 Å². The molecule has 3 heterocycles. The number of benzene rings is 1. The Kier molecular flexibility index (Phi) is 7.34. The van der Waals surface area contributed by atoms with Crippen molar-refractivity contribution in [2.75, 3.05) is 23.3 Å². The second kappa shape index (κ2) is 10.8. The molecule has 1 amide bonds. The summed E-state index contributed by atoms with van der Waals surface area (Å²) in [7, 11) is 0. The van der Waals surface area contributed by atoms with Gasteiger partial charge in [-0.05, 0) is 62.1 Å². The molecule has 1 aliphatic heterocycles. The Morgan fingerprint density at radius 3 is 2.38 bits per heavy atom. The van der Waals surface area contributed by atoms with Gasteiger partial charge in [0, 0.05) is 13.1 Å². The number of oxazole rings is 1. The molecule has 10 heteroatoms. The largest absolute Gasteiger partial charge is 0.447 e. The topological polar surface area (TPSA) is 80.5 Å². The molecule has 37 heavy (non-hydrogen) atoms. The second-order valence-electron chi connectivity index (χ2n) is 9.56. The van der Waals surface area contributed by atoms with Crippen LogP contribution in [0.4, 0.5) is 24.7 Å². The van der Waals surface area contributed by atoms with Crippen molar-refractivity contribution in [2.24, 2.45) is 0 Å². The third-order valence-electron chi connectivity index (χ3n) is 7.00. The summed E-state index contributed by atoms with van der Waals surface area (Å²) in [4.78, 5) is 22.7. The molecular formula is C27H29F3N4O3. The lowest BCUT2D eigenvalue weighted by Crippen LogP contribution is -2.33. The average Bonchev–Trinajstić information content (AvgIpc) is 3.35. The maximum Gasteiger partial charge on any atom is 0.437 e. The molecule has 2 aliphatic rings. The van der Waals surface area contributed by atoms with E-state index in [1.807, 2.05) is 6.07 Å². The third kappa shape index (κ3) is 6.06. The fourth-order valence-corrected chi connectivity index (χ4v) is 5.02. The number of carbonyl (C=O) groups is 1. The van der Waals surface area contributed by atoms with E-state index in [1.54, 1.807) is 12.1 Å². The van der Waals surface area contributed by atoms with Gasteiger partial charge in [-0.15, -0.1) is 0 Å². The highest BCUT2D eigenvalue weighted by Crippen LogP contribution is 2.35. The van der Waals surface area contributed by atoms with Crippen LogP contribution in [0.5, 0.6) is 6.08 Å². The zero-order valence-electron chi connectivity index (χ0n) is 20.3. The summed E-state index contributed by atoms with van der Waals surface area (Å²) in [5.74, 6) is -0.724. The Morgan fingerprint density at radius 1 is 1.00 bits per heavy atom. The standard InChI is InChI=1S/C27H29F3N4O3/c28-27(29,30)24-23(37-26(33-24)36-21-9-5-2-6-10-21)25(35)32-20-11-12-22(31-17-20)34-15-13-19(14-16-34)18-7-3-1-4-8-18/h1,3-4,7-8,11-12,17,19,21H,2,5-6,9-10,13-16H2,(H,32,35). The minimum atomic E-state index is -4.86. The van der Waals surface area contributed by atoms with Gasteiger partial charge in [0.05, 0.1) is 11.9 Å². The van der Waals surface area contributed by atoms with Gasteiger partial charge < -0.3 is 19.4 Å². The van der Waals surface area contributed by atoms with Crippen LogP contribution >= 0.6 is 0 Å². The van der Waals surface area contributed by atoms with Gasteiger partial charge >= 0.3 is 12.3 Å². The third-order valence-corrected chi connectivity index (χ3v) is 7.00. The van der Waals surface area contributed by atoms with Gasteiger partial charge in [0.25, 0.3) is 5.91 Å². The summed E-state index contributed by atoms with van der Waals surface area (Å²) in [6.45, 7) is 1.68. The first-order valence-corrected chi connectivity index (χ1v) is 12.7. The van der Waals surface area contributed by atoms with E-state index in [2.05, 4.69) is 44.5 Å². The molecule has 7 nitrogen and oxygen atoms in total. The molecule has 2 fully saturated rings. The molecule has 1 saturated heterocycles. The summed E-state index contributed by atoms with van der Waals surface area (Å²) in [6.07, 6.45) is 2.13. The lowest BCUT2D eigenvalue weighted by Gasteiger charge is -2.33. The first kappa shape index (κ1) is 25.1. The van der Waals surface area contributed by atoms with Gasteiger partial charge in [0.1, 0.15) is 11.9 Å². The predicted molar refractivity (Wildman–Crippen MR) is 132 cm³/mol. The number of hydrogen-bond acceptors (Lipinski definition) is 6. The van der Waals surface area contributed by atoms with E-state index in [9.17, 15) is 18.0 Å². The highest BCUT2D eigenvalue weighted by Gasteiger charge is 2.42. The molecule has 0 radical (unpaired) electrons. The van der Waals surface area contributed by atoms with Crippen LogP contribution in [0.3, 0.4) is 0 Å². The molecule has 0 unspecified atom stereocenters. The fourth-order valence-electron chi connectivity index (χ4n) is 5.02. The van der Waals surface area contributed by atoms with Crippen molar-refractivity contribution in [2.45, 2.75) is 63.1 Å². The number of pyridine rings is 1. The predicted octanol–water partition coefficient (Wildman–Crippen LogP) is 6.44. The number of halogens is 3. The maximum absolute atomic E-state index is 13.6. The maximum atomic E-state index is 13.6. The van der Waals surface area contributed by atoms with Crippen LogP contribution in [0.25, 0.3) is 0 Å². The monoisotopic (exact) mass is 514 g/mol. The molecular weight excluding hydrogens is 485 g/mol. The summed E-state index contributed by atoms with van der Waals surface area (Å²) in [5, 5.41) is 2.44. The molecule has 3 aromatic rings. The van der Waals surface area contributed by atoms with Crippen molar-refractivity contribution in [1.82, 2.24) is 9.97 Å². The van der Waals surface area contributed by atoms with E-state index in [-0.39, 0.29) is 11.8 Å². The Balaban J connectivity index is 1.22. The van der Waals surface area contributed by atoms with Crippen LogP contribution in [-0.2, 0) is 6.18 Å². The van der Waals surface area contributed by atoms with Gasteiger partial charge in [-0.25, -0.2) is 4.98 Å². The van der Waals surface area contributed by atoms with Gasteiger partial charge in [-0.2, -0.15) is 18.2 Å². The minimum absolute atomic E-state index is 0.257. The van der Waals surface area contributed by atoms with Crippen molar-refractivity contribution in [3.05, 3.63) is 65.7 Å². The summed E-state index contributed by atoms with van der Waals surface area (Å²) in [6, 6.07) is 13.8. The number of aromatic nitrogens is 2.